The summed E-state index contributed by atoms with van der Waals surface area (Å²) in [5.74, 6) is 1.79. The molecule has 0 aliphatic carbocycles. The number of methoxy groups -OCH3 is 2. The standard InChI is InChI=1S/C28H26ClN5O4S/c1-16-24(26(36)31-20-8-10-21(37-2)11-9-20)25(18-7-12-22(35)23(14-18)38-3)34-27(30-16)32-28(33-34)39-15-17-5-4-6-19(29)13-17/h4-14,25,35H,15H2,1-3H3,(H,31,36)(H,30,32,33). The molecule has 3 N–H and O–H groups in total. The zero-order chi connectivity index (χ0) is 27.5. The molecule has 39 heavy (non-hydrogen) atoms. The maximum atomic E-state index is 13.7. The van der Waals surface area contributed by atoms with Crippen molar-refractivity contribution in [2.75, 3.05) is 24.9 Å². The average molecular weight is 564 g/mol. The van der Waals surface area contributed by atoms with E-state index in [1.807, 2.05) is 31.2 Å². The van der Waals surface area contributed by atoms with Gasteiger partial charge in [0, 0.05) is 22.2 Å². The van der Waals surface area contributed by atoms with Crippen LogP contribution in [0.2, 0.25) is 5.02 Å². The van der Waals surface area contributed by atoms with Crippen LogP contribution in [0.1, 0.15) is 24.1 Å². The lowest BCUT2D eigenvalue weighted by atomic mass is 9.94. The molecule has 5 rings (SSSR count). The van der Waals surface area contributed by atoms with Crippen molar-refractivity contribution in [3.8, 4) is 17.2 Å². The number of hydrogen-bond donors (Lipinski definition) is 3. The predicted molar refractivity (Wildman–Crippen MR) is 152 cm³/mol. The number of aromatic hydroxyl groups is 1. The Morgan fingerprint density at radius 1 is 1.13 bits per heavy atom. The van der Waals surface area contributed by atoms with E-state index in [4.69, 9.17) is 26.2 Å². The second-order valence-electron chi connectivity index (χ2n) is 8.76. The van der Waals surface area contributed by atoms with Crippen LogP contribution in [-0.4, -0.2) is 40.0 Å². The normalized spacial score (nSPS) is 14.4. The molecule has 1 aliphatic rings. The number of nitrogens with one attached hydrogen (secondary N) is 2. The van der Waals surface area contributed by atoms with Crippen molar-refractivity contribution in [2.45, 2.75) is 23.9 Å². The van der Waals surface area contributed by atoms with Crippen molar-refractivity contribution in [1.82, 2.24) is 14.8 Å². The van der Waals surface area contributed by atoms with Crippen LogP contribution in [0.25, 0.3) is 0 Å². The van der Waals surface area contributed by atoms with Gasteiger partial charge in [-0.3, -0.25) is 4.79 Å². The maximum Gasteiger partial charge on any atom is 0.255 e. The Hall–Kier alpha value is -4.15. The molecular weight excluding hydrogens is 538 g/mol. The maximum absolute atomic E-state index is 13.7. The largest absolute Gasteiger partial charge is 0.504 e. The first-order chi connectivity index (χ1) is 18.9. The molecule has 1 aliphatic heterocycles. The highest BCUT2D eigenvalue weighted by atomic mass is 35.5. The van der Waals surface area contributed by atoms with E-state index in [-0.39, 0.29) is 17.4 Å². The van der Waals surface area contributed by atoms with Crippen LogP contribution in [0.5, 0.6) is 17.2 Å². The minimum Gasteiger partial charge on any atom is -0.504 e. The topological polar surface area (TPSA) is 111 Å². The zero-order valence-corrected chi connectivity index (χ0v) is 23.0. The van der Waals surface area contributed by atoms with Gasteiger partial charge in [-0.1, -0.05) is 41.6 Å². The third-order valence-corrected chi connectivity index (χ3v) is 7.35. The highest BCUT2D eigenvalue weighted by Crippen LogP contribution is 2.39. The number of hydrogen-bond acceptors (Lipinski definition) is 8. The number of amides is 1. The van der Waals surface area contributed by atoms with Gasteiger partial charge in [-0.25, -0.2) is 4.68 Å². The van der Waals surface area contributed by atoms with E-state index in [0.717, 1.165) is 5.56 Å². The summed E-state index contributed by atoms with van der Waals surface area (Å²) in [4.78, 5) is 18.4. The Balaban J connectivity index is 1.50. The van der Waals surface area contributed by atoms with Gasteiger partial charge in [0.15, 0.2) is 11.5 Å². The van der Waals surface area contributed by atoms with Crippen molar-refractivity contribution in [1.29, 1.82) is 0 Å². The number of nitrogens with zero attached hydrogens (tertiary/aromatic N) is 3. The van der Waals surface area contributed by atoms with Crippen LogP contribution in [-0.2, 0) is 10.5 Å². The molecule has 200 valence electrons. The number of carbonyl (C=O) groups excluding carboxylic acids is 1. The van der Waals surface area contributed by atoms with Gasteiger partial charge >= 0.3 is 0 Å². The van der Waals surface area contributed by atoms with E-state index < -0.39 is 6.04 Å². The van der Waals surface area contributed by atoms with Crippen molar-refractivity contribution in [2.24, 2.45) is 0 Å². The zero-order valence-electron chi connectivity index (χ0n) is 21.4. The molecule has 0 spiro atoms. The van der Waals surface area contributed by atoms with Gasteiger partial charge < -0.3 is 25.2 Å². The van der Waals surface area contributed by atoms with Gasteiger partial charge in [-0.05, 0) is 66.6 Å². The van der Waals surface area contributed by atoms with Crippen LogP contribution in [0, 0.1) is 0 Å². The lowest BCUT2D eigenvalue weighted by Crippen LogP contribution is -2.31. The van der Waals surface area contributed by atoms with E-state index >= 15 is 0 Å². The molecular formula is C28H26ClN5O4S. The first-order valence-corrected chi connectivity index (χ1v) is 13.4. The summed E-state index contributed by atoms with van der Waals surface area (Å²) in [5, 5.41) is 22.4. The van der Waals surface area contributed by atoms with E-state index in [0.29, 0.717) is 50.2 Å². The first-order valence-electron chi connectivity index (χ1n) is 12.0. The number of anilines is 2. The highest BCUT2D eigenvalue weighted by molar-refractivity contribution is 7.98. The van der Waals surface area contributed by atoms with Crippen LogP contribution in [0.3, 0.4) is 0 Å². The predicted octanol–water partition coefficient (Wildman–Crippen LogP) is 5.87. The van der Waals surface area contributed by atoms with Crippen molar-refractivity contribution < 1.29 is 19.4 Å². The number of carbonyl (C=O) groups is 1. The fraction of sp³-hybridized carbons (Fsp3) is 0.179. The Kier molecular flexibility index (Phi) is 7.67. The molecule has 0 fully saturated rings. The van der Waals surface area contributed by atoms with Crippen LogP contribution < -0.4 is 20.1 Å². The van der Waals surface area contributed by atoms with Crippen LogP contribution >= 0.6 is 23.4 Å². The van der Waals surface area contributed by atoms with Crippen molar-refractivity contribution in [3.05, 3.63) is 94.1 Å². The van der Waals surface area contributed by atoms with Gasteiger partial charge in [0.1, 0.15) is 11.8 Å². The minimum absolute atomic E-state index is 0.00306. The third kappa shape index (κ3) is 5.67. The molecule has 1 atom stereocenters. The van der Waals surface area contributed by atoms with E-state index in [1.54, 1.807) is 48.2 Å². The van der Waals surface area contributed by atoms with Gasteiger partial charge in [0.25, 0.3) is 5.91 Å². The quantitative estimate of drug-likeness (QED) is 0.228. The summed E-state index contributed by atoms with van der Waals surface area (Å²) in [5.41, 5.74) is 3.43. The Morgan fingerprint density at radius 2 is 1.92 bits per heavy atom. The second-order valence-corrected chi connectivity index (χ2v) is 10.1. The Labute approximate surface area is 234 Å². The highest BCUT2D eigenvalue weighted by Gasteiger charge is 2.35. The van der Waals surface area contributed by atoms with E-state index in [9.17, 15) is 9.90 Å². The second kappa shape index (κ2) is 11.3. The Morgan fingerprint density at radius 3 is 2.64 bits per heavy atom. The third-order valence-electron chi connectivity index (χ3n) is 6.20. The molecule has 0 bridgehead atoms. The van der Waals surface area contributed by atoms with Crippen LogP contribution in [0.4, 0.5) is 11.6 Å². The molecule has 1 aromatic heterocycles. The van der Waals surface area contributed by atoms with Gasteiger partial charge in [0.05, 0.1) is 19.8 Å². The van der Waals surface area contributed by atoms with Gasteiger partial charge in [-0.15, -0.1) is 5.10 Å². The SMILES string of the molecule is COc1ccc(NC(=O)C2=C(C)Nc3nc(SCc4cccc(Cl)c4)nn3C2c2ccc(O)c(OC)c2)cc1. The minimum atomic E-state index is -0.637. The molecule has 3 aromatic carbocycles. The van der Waals surface area contributed by atoms with E-state index in [2.05, 4.69) is 15.6 Å². The molecule has 2 heterocycles. The van der Waals surface area contributed by atoms with E-state index in [1.165, 1.54) is 24.9 Å². The average Bonchev–Trinajstić information content (AvgIpc) is 3.34. The molecule has 9 nitrogen and oxygen atoms in total. The number of allylic oxidation sites excluding steroid dienone is 1. The van der Waals surface area contributed by atoms with Crippen LogP contribution in [0.15, 0.2) is 83.2 Å². The molecule has 0 radical (unpaired) electrons. The molecule has 11 heteroatoms. The number of fused-ring (bicyclic) bond motifs is 1. The van der Waals surface area contributed by atoms with Crippen molar-refractivity contribution >= 4 is 40.9 Å². The molecule has 4 aromatic rings. The Bertz CT molecular complexity index is 1550. The molecule has 1 unspecified atom stereocenters. The summed E-state index contributed by atoms with van der Waals surface area (Å²) in [6.45, 7) is 1.82. The summed E-state index contributed by atoms with van der Waals surface area (Å²) in [6.07, 6.45) is 0. The summed E-state index contributed by atoms with van der Waals surface area (Å²) in [7, 11) is 3.06. The number of rotatable bonds is 8. The smallest absolute Gasteiger partial charge is 0.255 e. The number of halogens is 1. The fourth-order valence-electron chi connectivity index (χ4n) is 4.31. The number of ether oxygens (including phenoxy) is 2. The number of benzene rings is 3. The summed E-state index contributed by atoms with van der Waals surface area (Å²) < 4.78 is 12.3. The lowest BCUT2D eigenvalue weighted by molar-refractivity contribution is -0.113. The number of aromatic nitrogens is 3. The molecule has 0 saturated carbocycles. The fourth-order valence-corrected chi connectivity index (χ4v) is 5.29. The number of thioether (sulfide) groups is 1. The van der Waals surface area contributed by atoms with Gasteiger partial charge in [-0.2, -0.15) is 4.98 Å². The number of phenols is 1. The first kappa shape index (κ1) is 26.5. The monoisotopic (exact) mass is 563 g/mol. The number of phenolic OH excluding ortho intramolecular Hbond substituents is 1. The lowest BCUT2D eigenvalue weighted by Gasteiger charge is -2.29. The van der Waals surface area contributed by atoms with Gasteiger partial charge in [0.2, 0.25) is 11.1 Å². The summed E-state index contributed by atoms with van der Waals surface area (Å²) >= 11 is 7.60. The molecule has 0 saturated heterocycles. The summed E-state index contributed by atoms with van der Waals surface area (Å²) in [6, 6.07) is 19.1. The molecule has 1 amide bonds. The van der Waals surface area contributed by atoms with Crippen molar-refractivity contribution in [3.63, 3.8) is 0 Å².